The van der Waals surface area contributed by atoms with Gasteiger partial charge in [0.15, 0.2) is 0 Å². The molecule has 0 amide bonds. The van der Waals surface area contributed by atoms with Gasteiger partial charge in [0.25, 0.3) is 0 Å². The first-order valence-electron chi connectivity index (χ1n) is 8.32. The van der Waals surface area contributed by atoms with Crippen molar-refractivity contribution in [2.75, 3.05) is 0 Å². The lowest BCUT2D eigenvalue weighted by molar-refractivity contribution is -0.137. The van der Waals surface area contributed by atoms with E-state index in [0.717, 1.165) is 58.7 Å². The first kappa shape index (κ1) is 17.5. The summed E-state index contributed by atoms with van der Waals surface area (Å²) in [4.78, 5) is 1.86. The molecule has 24 heavy (non-hydrogen) atoms. The van der Waals surface area contributed by atoms with Crippen molar-refractivity contribution in [2.45, 2.75) is 51.3 Å². The predicted molar refractivity (Wildman–Crippen MR) is 91.0 cm³/mol. The molecule has 1 nitrogen and oxygen atoms in total. The maximum absolute atomic E-state index is 12.7. The van der Waals surface area contributed by atoms with Gasteiger partial charge in [-0.2, -0.15) is 13.2 Å². The molecular weight excluding hydrogens is 333 g/mol. The fraction of sp³-hybridized carbons (Fsp3) is 0.474. The zero-order valence-corrected chi connectivity index (χ0v) is 14.4. The van der Waals surface area contributed by atoms with Crippen molar-refractivity contribution in [1.82, 2.24) is 0 Å². The Balaban J connectivity index is 1.83. The molecule has 0 spiro atoms. The number of hydrogen-bond donors (Lipinski definition) is 1. The summed E-state index contributed by atoms with van der Waals surface area (Å²) in [5, 5.41) is 10.7. The third-order valence-corrected chi connectivity index (χ3v) is 6.17. The van der Waals surface area contributed by atoms with Crippen LogP contribution in [0.4, 0.5) is 13.2 Å². The van der Waals surface area contributed by atoms with E-state index >= 15 is 0 Å². The van der Waals surface area contributed by atoms with Crippen molar-refractivity contribution in [3.63, 3.8) is 0 Å². The van der Waals surface area contributed by atoms with Gasteiger partial charge in [0.05, 0.1) is 11.7 Å². The minimum Gasteiger partial charge on any atom is -0.387 e. The Bertz CT molecular complexity index is 682. The lowest BCUT2D eigenvalue weighted by atomic mass is 9.84. The zero-order chi connectivity index (χ0) is 17.3. The number of aliphatic hydroxyl groups is 1. The van der Waals surface area contributed by atoms with Crippen LogP contribution in [0.15, 0.2) is 30.3 Å². The second-order valence-corrected chi connectivity index (χ2v) is 7.66. The van der Waals surface area contributed by atoms with E-state index in [0.29, 0.717) is 5.92 Å². The highest BCUT2D eigenvalue weighted by molar-refractivity contribution is 7.15. The van der Waals surface area contributed by atoms with Gasteiger partial charge in [0.1, 0.15) is 0 Å². The molecule has 1 aromatic carbocycles. The van der Waals surface area contributed by atoms with Crippen molar-refractivity contribution in [3.05, 3.63) is 46.3 Å². The zero-order valence-electron chi connectivity index (χ0n) is 13.6. The highest BCUT2D eigenvalue weighted by Gasteiger charge is 2.30. The molecule has 1 aliphatic carbocycles. The van der Waals surface area contributed by atoms with Crippen molar-refractivity contribution >= 4 is 11.3 Å². The number of benzene rings is 1. The topological polar surface area (TPSA) is 20.2 Å². The summed E-state index contributed by atoms with van der Waals surface area (Å²) in [6.07, 6.45) is 0.895. The average Bonchev–Trinajstić information content (AvgIpc) is 2.96. The van der Waals surface area contributed by atoms with Crippen LogP contribution in [0.1, 0.15) is 54.2 Å². The highest BCUT2D eigenvalue weighted by atomic mass is 32.1. The molecule has 1 unspecified atom stereocenters. The number of rotatable bonds is 3. The van der Waals surface area contributed by atoms with Crippen LogP contribution < -0.4 is 0 Å². The highest BCUT2D eigenvalue weighted by Crippen LogP contribution is 2.41. The number of hydrogen-bond acceptors (Lipinski definition) is 2. The van der Waals surface area contributed by atoms with Gasteiger partial charge >= 0.3 is 6.18 Å². The van der Waals surface area contributed by atoms with Gasteiger partial charge < -0.3 is 5.11 Å². The number of alkyl halides is 3. The molecule has 130 valence electrons. The summed E-state index contributed by atoms with van der Waals surface area (Å²) in [6, 6.07) is 7.20. The van der Waals surface area contributed by atoms with Gasteiger partial charge in [-0.05, 0) is 55.0 Å². The summed E-state index contributed by atoms with van der Waals surface area (Å²) >= 11 is 1.50. The first-order chi connectivity index (χ1) is 11.4. The monoisotopic (exact) mass is 354 g/mol. The molecule has 3 rings (SSSR count). The predicted octanol–water partition coefficient (Wildman–Crippen LogP) is 6.36. The number of halogens is 3. The van der Waals surface area contributed by atoms with E-state index in [1.807, 2.05) is 13.0 Å². The molecule has 5 heteroatoms. The summed E-state index contributed by atoms with van der Waals surface area (Å²) in [7, 11) is 0. The molecule has 1 fully saturated rings. The second kappa shape index (κ2) is 6.89. The number of aliphatic hydroxyl groups excluding tert-OH is 1. The SMILES string of the molecule is Cc1cc(-c2ccc(C(F)(F)F)cc2)sc1C(O)C1CCCCC1. The van der Waals surface area contributed by atoms with Crippen LogP contribution in [0.2, 0.25) is 0 Å². The third-order valence-electron chi connectivity index (χ3n) is 4.82. The van der Waals surface area contributed by atoms with Gasteiger partial charge in [-0.15, -0.1) is 11.3 Å². The quantitative estimate of drug-likeness (QED) is 0.680. The lowest BCUT2D eigenvalue weighted by Gasteiger charge is -2.26. The Morgan fingerprint density at radius 3 is 2.29 bits per heavy atom. The molecule has 0 saturated heterocycles. The Kier molecular flexibility index (Phi) is 5.02. The molecular formula is C19H21F3OS. The van der Waals surface area contributed by atoms with Gasteiger partial charge in [0, 0.05) is 9.75 Å². The Hall–Kier alpha value is -1.33. The Morgan fingerprint density at radius 1 is 1.08 bits per heavy atom. The van der Waals surface area contributed by atoms with E-state index in [9.17, 15) is 18.3 Å². The maximum Gasteiger partial charge on any atom is 0.416 e. The fourth-order valence-corrected chi connectivity index (χ4v) is 4.68. The third kappa shape index (κ3) is 3.67. The van der Waals surface area contributed by atoms with Gasteiger partial charge in [0.2, 0.25) is 0 Å². The minimum absolute atomic E-state index is 0.302. The fourth-order valence-electron chi connectivity index (χ4n) is 3.42. The second-order valence-electron chi connectivity index (χ2n) is 6.58. The average molecular weight is 354 g/mol. The molecule has 1 atom stereocenters. The van der Waals surface area contributed by atoms with E-state index in [4.69, 9.17) is 0 Å². The van der Waals surface area contributed by atoms with E-state index in [1.165, 1.54) is 29.9 Å². The molecule has 1 aliphatic rings. The normalized spacial score (nSPS) is 17.9. The lowest BCUT2D eigenvalue weighted by Crippen LogP contribution is -2.15. The minimum atomic E-state index is -4.31. The van der Waals surface area contributed by atoms with Gasteiger partial charge in [-0.1, -0.05) is 31.4 Å². The van der Waals surface area contributed by atoms with E-state index in [2.05, 4.69) is 0 Å². The Morgan fingerprint density at radius 2 is 1.71 bits per heavy atom. The number of thiophene rings is 1. The molecule has 1 saturated carbocycles. The van der Waals surface area contributed by atoms with Crippen LogP contribution >= 0.6 is 11.3 Å². The summed E-state index contributed by atoms with van der Waals surface area (Å²) in [6.45, 7) is 1.96. The summed E-state index contributed by atoms with van der Waals surface area (Å²) in [5.41, 5.74) is 1.15. The van der Waals surface area contributed by atoms with Crippen molar-refractivity contribution in [3.8, 4) is 10.4 Å². The van der Waals surface area contributed by atoms with Crippen LogP contribution in [0.25, 0.3) is 10.4 Å². The van der Waals surface area contributed by atoms with Crippen molar-refractivity contribution in [1.29, 1.82) is 0 Å². The maximum atomic E-state index is 12.7. The standard InChI is InChI=1S/C19H21F3OS/c1-12-11-16(13-7-9-15(10-8-13)19(20,21)22)24-18(12)17(23)14-5-3-2-4-6-14/h7-11,14,17,23H,2-6H2,1H3. The molecule has 0 aliphatic heterocycles. The van der Waals surface area contributed by atoms with Gasteiger partial charge in [-0.3, -0.25) is 0 Å². The molecule has 0 radical (unpaired) electrons. The molecule has 1 heterocycles. The van der Waals surface area contributed by atoms with Crippen molar-refractivity contribution < 1.29 is 18.3 Å². The van der Waals surface area contributed by atoms with Crippen LogP contribution in [-0.4, -0.2) is 5.11 Å². The van der Waals surface area contributed by atoms with Crippen molar-refractivity contribution in [2.24, 2.45) is 5.92 Å². The molecule has 0 bridgehead atoms. The van der Waals surface area contributed by atoms with Crippen LogP contribution in [-0.2, 0) is 6.18 Å². The smallest absolute Gasteiger partial charge is 0.387 e. The van der Waals surface area contributed by atoms with E-state index in [-0.39, 0.29) is 0 Å². The largest absolute Gasteiger partial charge is 0.416 e. The molecule has 1 aromatic heterocycles. The van der Waals surface area contributed by atoms with E-state index < -0.39 is 17.8 Å². The van der Waals surface area contributed by atoms with E-state index in [1.54, 1.807) is 0 Å². The van der Waals surface area contributed by atoms with Crippen LogP contribution in [0.3, 0.4) is 0 Å². The molecule has 2 aromatic rings. The first-order valence-corrected chi connectivity index (χ1v) is 9.14. The summed E-state index contributed by atoms with van der Waals surface area (Å²) in [5.74, 6) is 0.302. The van der Waals surface area contributed by atoms with Gasteiger partial charge in [-0.25, -0.2) is 0 Å². The van der Waals surface area contributed by atoms with Crippen LogP contribution in [0.5, 0.6) is 0 Å². The number of aryl methyl sites for hydroxylation is 1. The summed E-state index contributed by atoms with van der Waals surface area (Å²) < 4.78 is 38.0. The molecule has 1 N–H and O–H groups in total. The Labute approximate surface area is 144 Å². The van der Waals surface area contributed by atoms with Crippen LogP contribution in [0, 0.1) is 12.8 Å².